The third-order valence-corrected chi connectivity index (χ3v) is 4.01. The Morgan fingerprint density at radius 3 is 2.58 bits per heavy atom. The fourth-order valence-corrected chi connectivity index (χ4v) is 2.62. The molecule has 0 N–H and O–H groups in total. The second-order valence-electron chi connectivity index (χ2n) is 3.74. The van der Waals surface area contributed by atoms with E-state index in [2.05, 4.69) is 15.9 Å². The average Bonchev–Trinajstić information content (AvgIpc) is 2.33. The van der Waals surface area contributed by atoms with Crippen LogP contribution in [0.15, 0.2) is 23.1 Å². The molecule has 0 aromatic heterocycles. The van der Waals surface area contributed by atoms with E-state index in [1.54, 1.807) is 12.1 Å². The van der Waals surface area contributed by atoms with Crippen LogP contribution < -0.4 is 4.74 Å². The Labute approximate surface area is 128 Å². The summed E-state index contributed by atoms with van der Waals surface area (Å²) in [5.41, 5.74) is 0. The van der Waals surface area contributed by atoms with Gasteiger partial charge < -0.3 is 4.74 Å². The zero-order valence-electron chi connectivity index (χ0n) is 9.97. The number of halogens is 5. The highest BCUT2D eigenvalue weighted by molar-refractivity contribution is 9.09. The number of alkyl halides is 4. The monoisotopic (exact) mass is 376 g/mol. The molecular weight excluding hydrogens is 365 g/mol. The van der Waals surface area contributed by atoms with Crippen molar-refractivity contribution in [1.82, 2.24) is 0 Å². The van der Waals surface area contributed by atoms with Crippen LogP contribution in [0.3, 0.4) is 0 Å². The maximum atomic E-state index is 12.1. The van der Waals surface area contributed by atoms with Crippen LogP contribution in [0.2, 0.25) is 5.02 Å². The van der Waals surface area contributed by atoms with Gasteiger partial charge in [-0.3, -0.25) is 0 Å². The molecule has 0 aliphatic carbocycles. The highest BCUT2D eigenvalue weighted by Crippen LogP contribution is 2.32. The van der Waals surface area contributed by atoms with Gasteiger partial charge in [0.1, 0.15) is 5.75 Å². The van der Waals surface area contributed by atoms with Crippen LogP contribution in [0.25, 0.3) is 0 Å². The van der Waals surface area contributed by atoms with E-state index in [1.807, 2.05) is 0 Å². The fraction of sp³-hybridized carbons (Fsp3) is 0.500. The molecule has 1 nitrogen and oxygen atoms in total. The third-order valence-electron chi connectivity index (χ3n) is 2.09. The zero-order chi connectivity index (χ0) is 14.3. The van der Waals surface area contributed by atoms with Crippen molar-refractivity contribution in [3.8, 4) is 5.75 Å². The Kier molecular flexibility index (Phi) is 7.39. The van der Waals surface area contributed by atoms with Gasteiger partial charge in [0.25, 0.3) is 0 Å². The van der Waals surface area contributed by atoms with Gasteiger partial charge in [0.15, 0.2) is 0 Å². The van der Waals surface area contributed by atoms with E-state index in [0.717, 1.165) is 18.2 Å². The first-order valence-corrected chi connectivity index (χ1v) is 8.09. The summed E-state index contributed by atoms with van der Waals surface area (Å²) >= 11 is 9.99. The summed E-state index contributed by atoms with van der Waals surface area (Å²) < 4.78 is 41.7. The standard InChI is InChI=1S/C12H13BrClF3OS/c13-5-1-2-6-18-11-4-3-9(7-10(11)14)19-8-12(15,16)17/h3-4,7H,1-2,5-6,8H2. The van der Waals surface area contributed by atoms with Gasteiger partial charge in [0, 0.05) is 10.2 Å². The van der Waals surface area contributed by atoms with Crippen LogP contribution in [-0.4, -0.2) is 23.9 Å². The van der Waals surface area contributed by atoms with E-state index >= 15 is 0 Å². The topological polar surface area (TPSA) is 9.23 Å². The lowest BCUT2D eigenvalue weighted by Crippen LogP contribution is -2.10. The van der Waals surface area contributed by atoms with Crippen molar-refractivity contribution in [2.75, 3.05) is 17.7 Å². The number of ether oxygens (including phenoxy) is 1. The van der Waals surface area contributed by atoms with Crippen LogP contribution >= 0.6 is 39.3 Å². The molecule has 0 aliphatic heterocycles. The van der Waals surface area contributed by atoms with Crippen LogP contribution in [-0.2, 0) is 0 Å². The summed E-state index contributed by atoms with van der Waals surface area (Å²) in [7, 11) is 0. The van der Waals surface area contributed by atoms with Gasteiger partial charge in [-0.15, -0.1) is 11.8 Å². The van der Waals surface area contributed by atoms with Gasteiger partial charge in [0.05, 0.1) is 17.4 Å². The van der Waals surface area contributed by atoms with Crippen molar-refractivity contribution in [1.29, 1.82) is 0 Å². The quantitative estimate of drug-likeness (QED) is 0.350. The van der Waals surface area contributed by atoms with E-state index < -0.39 is 11.9 Å². The summed E-state index contributed by atoms with van der Waals surface area (Å²) in [6.45, 7) is 0.542. The number of unbranched alkanes of at least 4 members (excludes halogenated alkanes) is 1. The van der Waals surface area contributed by atoms with Crippen molar-refractivity contribution in [3.63, 3.8) is 0 Å². The Balaban J connectivity index is 2.49. The molecular formula is C12H13BrClF3OS. The molecule has 0 heterocycles. The minimum Gasteiger partial charge on any atom is -0.492 e. The number of thioether (sulfide) groups is 1. The van der Waals surface area contributed by atoms with Gasteiger partial charge >= 0.3 is 6.18 Å². The Hall–Kier alpha value is -0.0700. The molecule has 0 saturated heterocycles. The molecule has 7 heteroatoms. The molecule has 0 fully saturated rings. The lowest BCUT2D eigenvalue weighted by Gasteiger charge is -2.10. The van der Waals surface area contributed by atoms with Crippen LogP contribution in [0.1, 0.15) is 12.8 Å². The summed E-state index contributed by atoms with van der Waals surface area (Å²) in [6, 6.07) is 4.69. The number of rotatable bonds is 7. The second-order valence-corrected chi connectivity index (χ2v) is 5.99. The Morgan fingerprint density at radius 1 is 1.26 bits per heavy atom. The van der Waals surface area contributed by atoms with Gasteiger partial charge in [-0.05, 0) is 31.0 Å². The lowest BCUT2D eigenvalue weighted by atomic mass is 10.3. The predicted molar refractivity (Wildman–Crippen MR) is 76.8 cm³/mol. The normalized spacial score (nSPS) is 11.6. The smallest absolute Gasteiger partial charge is 0.398 e. The molecule has 0 unspecified atom stereocenters. The van der Waals surface area contributed by atoms with Crippen LogP contribution in [0.4, 0.5) is 13.2 Å². The molecule has 1 rings (SSSR count). The van der Waals surface area contributed by atoms with Crippen LogP contribution in [0, 0.1) is 0 Å². The molecule has 108 valence electrons. The largest absolute Gasteiger partial charge is 0.492 e. The molecule has 0 atom stereocenters. The lowest BCUT2D eigenvalue weighted by molar-refractivity contribution is -0.105. The fourth-order valence-electron chi connectivity index (χ4n) is 1.23. The maximum absolute atomic E-state index is 12.1. The number of hydrogen-bond donors (Lipinski definition) is 0. The van der Waals surface area contributed by atoms with Gasteiger partial charge in [-0.25, -0.2) is 0 Å². The zero-order valence-corrected chi connectivity index (χ0v) is 13.1. The average molecular weight is 378 g/mol. The minimum atomic E-state index is -4.18. The predicted octanol–water partition coefficient (Wildman–Crippen LogP) is 5.55. The molecule has 0 spiro atoms. The number of hydrogen-bond acceptors (Lipinski definition) is 2. The summed E-state index contributed by atoms with van der Waals surface area (Å²) in [6.07, 6.45) is -2.29. The third kappa shape index (κ3) is 7.32. The van der Waals surface area contributed by atoms with Crippen LogP contribution in [0.5, 0.6) is 5.75 Å². The van der Waals surface area contributed by atoms with Gasteiger partial charge in [0.2, 0.25) is 0 Å². The molecule has 0 amide bonds. The van der Waals surface area contributed by atoms with Gasteiger partial charge in [-0.1, -0.05) is 27.5 Å². The van der Waals surface area contributed by atoms with E-state index in [-0.39, 0.29) is 0 Å². The molecule has 19 heavy (non-hydrogen) atoms. The second kappa shape index (κ2) is 8.27. The highest BCUT2D eigenvalue weighted by atomic mass is 79.9. The van der Waals surface area contributed by atoms with Crippen molar-refractivity contribution in [2.24, 2.45) is 0 Å². The first kappa shape index (κ1) is 17.0. The first-order chi connectivity index (χ1) is 8.92. The van der Waals surface area contributed by atoms with Crippen molar-refractivity contribution in [3.05, 3.63) is 23.2 Å². The summed E-state index contributed by atoms with van der Waals surface area (Å²) in [5, 5.41) is 1.25. The summed E-state index contributed by atoms with van der Waals surface area (Å²) in [5.74, 6) is -0.415. The van der Waals surface area contributed by atoms with E-state index in [0.29, 0.717) is 34.0 Å². The van der Waals surface area contributed by atoms with E-state index in [1.165, 1.54) is 6.07 Å². The van der Waals surface area contributed by atoms with Gasteiger partial charge in [-0.2, -0.15) is 13.2 Å². The Morgan fingerprint density at radius 2 is 2.00 bits per heavy atom. The molecule has 1 aromatic carbocycles. The molecule has 1 aromatic rings. The molecule has 0 bridgehead atoms. The molecule has 0 aliphatic rings. The molecule has 0 radical (unpaired) electrons. The van der Waals surface area contributed by atoms with Crippen molar-refractivity contribution < 1.29 is 17.9 Å². The Bertz CT molecular complexity index is 401. The van der Waals surface area contributed by atoms with E-state index in [4.69, 9.17) is 16.3 Å². The van der Waals surface area contributed by atoms with Crippen molar-refractivity contribution in [2.45, 2.75) is 23.9 Å². The maximum Gasteiger partial charge on any atom is 0.398 e. The molecule has 0 saturated carbocycles. The first-order valence-electron chi connectivity index (χ1n) is 5.60. The number of benzene rings is 1. The summed E-state index contributed by atoms with van der Waals surface area (Å²) in [4.78, 5) is 0.482. The van der Waals surface area contributed by atoms with Crippen molar-refractivity contribution >= 4 is 39.3 Å². The van der Waals surface area contributed by atoms with E-state index in [9.17, 15) is 13.2 Å². The minimum absolute atomic E-state index is 0.339. The SMILES string of the molecule is FC(F)(F)CSc1ccc(OCCCCBr)c(Cl)c1. The highest BCUT2D eigenvalue weighted by Gasteiger charge is 2.27.